The molecule has 2 rings (SSSR count). The summed E-state index contributed by atoms with van der Waals surface area (Å²) in [4.78, 5) is 8.24. The molecule has 0 bridgehead atoms. The maximum absolute atomic E-state index is 4.32. The summed E-state index contributed by atoms with van der Waals surface area (Å²) in [5.74, 6) is 1.14. The number of rotatable bonds is 7. The third-order valence-electron chi connectivity index (χ3n) is 2.89. The summed E-state index contributed by atoms with van der Waals surface area (Å²) in [6.07, 6.45) is 8.16. The van der Waals surface area contributed by atoms with Crippen molar-refractivity contribution in [3.8, 4) is 0 Å². The molecule has 18 heavy (non-hydrogen) atoms. The van der Waals surface area contributed by atoms with Crippen LogP contribution >= 0.6 is 0 Å². The number of nitrogens with one attached hydrogen (secondary N) is 1. The number of hydrogen-bond acceptors (Lipinski definition) is 4. The molecule has 0 aliphatic heterocycles. The van der Waals surface area contributed by atoms with E-state index in [1.54, 1.807) is 12.7 Å². The Morgan fingerprint density at radius 2 is 2.33 bits per heavy atom. The molecule has 0 amide bonds. The molecule has 0 saturated heterocycles. The second-order valence-electron chi connectivity index (χ2n) is 4.36. The third-order valence-corrected chi connectivity index (χ3v) is 2.89. The van der Waals surface area contributed by atoms with Gasteiger partial charge in [-0.2, -0.15) is 5.10 Å². The zero-order valence-electron chi connectivity index (χ0n) is 11.0. The fraction of sp³-hybridized carbons (Fsp3) is 0.583. The van der Waals surface area contributed by atoms with E-state index in [2.05, 4.69) is 38.8 Å². The summed E-state index contributed by atoms with van der Waals surface area (Å²) in [6.45, 7) is 6.98. The predicted molar refractivity (Wildman–Crippen MR) is 69.1 cm³/mol. The highest BCUT2D eigenvalue weighted by molar-refractivity contribution is 4.92. The number of imidazole rings is 1. The zero-order chi connectivity index (χ0) is 12.8. The van der Waals surface area contributed by atoms with Gasteiger partial charge in [0.05, 0.1) is 6.54 Å². The molecule has 1 atom stereocenters. The molecule has 6 nitrogen and oxygen atoms in total. The van der Waals surface area contributed by atoms with Gasteiger partial charge in [-0.15, -0.1) is 0 Å². The molecule has 1 N–H and O–H groups in total. The van der Waals surface area contributed by atoms with Crippen LogP contribution in [0.2, 0.25) is 0 Å². The first kappa shape index (κ1) is 12.8. The molecule has 98 valence electrons. The van der Waals surface area contributed by atoms with Crippen LogP contribution < -0.4 is 5.32 Å². The lowest BCUT2D eigenvalue weighted by atomic mass is 10.3. The Labute approximate surface area is 107 Å². The van der Waals surface area contributed by atoms with E-state index in [-0.39, 0.29) is 0 Å². The minimum absolute atomic E-state index is 0.410. The average Bonchev–Trinajstić information content (AvgIpc) is 3.00. The van der Waals surface area contributed by atoms with Gasteiger partial charge >= 0.3 is 0 Å². The fourth-order valence-corrected chi connectivity index (χ4v) is 1.95. The summed E-state index contributed by atoms with van der Waals surface area (Å²) in [5.41, 5.74) is 0. The van der Waals surface area contributed by atoms with Crippen molar-refractivity contribution in [2.75, 3.05) is 6.54 Å². The minimum atomic E-state index is 0.410. The van der Waals surface area contributed by atoms with E-state index in [0.717, 1.165) is 31.9 Å². The topological polar surface area (TPSA) is 60.6 Å². The Kier molecular flexibility index (Phi) is 4.46. The van der Waals surface area contributed by atoms with Crippen molar-refractivity contribution in [2.24, 2.45) is 0 Å². The Balaban J connectivity index is 1.73. The van der Waals surface area contributed by atoms with Gasteiger partial charge in [-0.3, -0.25) is 4.68 Å². The van der Waals surface area contributed by atoms with E-state index in [1.165, 1.54) is 0 Å². The van der Waals surface area contributed by atoms with Gasteiger partial charge in [-0.1, -0.05) is 6.92 Å². The molecule has 0 saturated carbocycles. The Morgan fingerprint density at radius 3 is 3.06 bits per heavy atom. The van der Waals surface area contributed by atoms with Gasteiger partial charge in [0.2, 0.25) is 0 Å². The van der Waals surface area contributed by atoms with Crippen molar-refractivity contribution in [3.05, 3.63) is 30.9 Å². The number of nitrogens with zero attached hydrogens (tertiary/aromatic N) is 5. The summed E-state index contributed by atoms with van der Waals surface area (Å²) in [5, 5.41) is 7.54. The second-order valence-corrected chi connectivity index (χ2v) is 4.36. The molecule has 2 heterocycles. The van der Waals surface area contributed by atoms with E-state index in [1.807, 2.05) is 17.1 Å². The highest BCUT2D eigenvalue weighted by atomic mass is 15.3. The summed E-state index contributed by atoms with van der Waals surface area (Å²) < 4.78 is 4.03. The van der Waals surface area contributed by atoms with Crippen LogP contribution in [0, 0.1) is 0 Å². The Hall–Kier alpha value is -1.69. The number of aromatic nitrogens is 5. The van der Waals surface area contributed by atoms with Crippen molar-refractivity contribution >= 4 is 0 Å². The quantitative estimate of drug-likeness (QED) is 0.784. The zero-order valence-corrected chi connectivity index (χ0v) is 11.0. The van der Waals surface area contributed by atoms with Gasteiger partial charge in [-0.25, -0.2) is 9.97 Å². The molecule has 0 spiro atoms. The first-order valence-corrected chi connectivity index (χ1v) is 6.35. The van der Waals surface area contributed by atoms with Crippen LogP contribution in [0.15, 0.2) is 25.0 Å². The molecular weight excluding hydrogens is 228 g/mol. The SMILES string of the molecule is CCc1nccn1C[C@H](C)NCCn1cncn1. The molecule has 0 fully saturated rings. The van der Waals surface area contributed by atoms with Crippen LogP contribution in [0.25, 0.3) is 0 Å². The minimum Gasteiger partial charge on any atom is -0.333 e. The fourth-order valence-electron chi connectivity index (χ4n) is 1.95. The van der Waals surface area contributed by atoms with E-state index in [9.17, 15) is 0 Å². The molecule has 6 heteroatoms. The first-order chi connectivity index (χ1) is 8.79. The largest absolute Gasteiger partial charge is 0.333 e. The molecule has 0 aromatic carbocycles. The molecule has 0 aliphatic carbocycles. The van der Waals surface area contributed by atoms with E-state index in [4.69, 9.17) is 0 Å². The summed E-state index contributed by atoms with van der Waals surface area (Å²) in [7, 11) is 0. The van der Waals surface area contributed by atoms with Crippen LogP contribution in [-0.2, 0) is 19.5 Å². The van der Waals surface area contributed by atoms with Crippen molar-refractivity contribution in [2.45, 2.75) is 39.4 Å². The van der Waals surface area contributed by atoms with Gasteiger partial charge in [0, 0.05) is 37.9 Å². The van der Waals surface area contributed by atoms with Crippen LogP contribution in [0.5, 0.6) is 0 Å². The smallest absolute Gasteiger partial charge is 0.137 e. The molecular formula is C12H20N6. The second kappa shape index (κ2) is 6.30. The molecule has 0 radical (unpaired) electrons. The van der Waals surface area contributed by atoms with Gasteiger partial charge in [0.15, 0.2) is 0 Å². The molecule has 0 aliphatic rings. The summed E-state index contributed by atoms with van der Waals surface area (Å²) >= 11 is 0. The first-order valence-electron chi connectivity index (χ1n) is 6.35. The Morgan fingerprint density at radius 1 is 1.44 bits per heavy atom. The Bertz CT molecular complexity index is 447. The third kappa shape index (κ3) is 3.40. The van der Waals surface area contributed by atoms with Crippen molar-refractivity contribution in [1.29, 1.82) is 0 Å². The molecule has 0 unspecified atom stereocenters. The van der Waals surface area contributed by atoms with Crippen molar-refractivity contribution in [1.82, 2.24) is 29.6 Å². The van der Waals surface area contributed by atoms with E-state index < -0.39 is 0 Å². The number of aryl methyl sites for hydroxylation is 1. The normalized spacial score (nSPS) is 12.8. The highest BCUT2D eigenvalue weighted by Gasteiger charge is 2.05. The lowest BCUT2D eigenvalue weighted by molar-refractivity contribution is 0.445. The van der Waals surface area contributed by atoms with Crippen molar-refractivity contribution < 1.29 is 0 Å². The van der Waals surface area contributed by atoms with Crippen LogP contribution in [0.3, 0.4) is 0 Å². The standard InChI is InChI=1S/C12H20N6/c1-3-12-15-4-6-17(12)8-11(2)14-5-7-18-10-13-9-16-18/h4,6,9-11,14H,3,5,7-8H2,1-2H3/t11-/m0/s1. The summed E-state index contributed by atoms with van der Waals surface area (Å²) in [6, 6.07) is 0.410. The van der Waals surface area contributed by atoms with Gasteiger partial charge in [0.25, 0.3) is 0 Å². The van der Waals surface area contributed by atoms with Gasteiger partial charge in [0.1, 0.15) is 18.5 Å². The molecule has 2 aromatic heterocycles. The highest BCUT2D eigenvalue weighted by Crippen LogP contribution is 2.00. The lowest BCUT2D eigenvalue weighted by Crippen LogP contribution is -2.33. The maximum atomic E-state index is 4.32. The van der Waals surface area contributed by atoms with Crippen LogP contribution in [0.4, 0.5) is 0 Å². The van der Waals surface area contributed by atoms with E-state index in [0.29, 0.717) is 6.04 Å². The monoisotopic (exact) mass is 248 g/mol. The van der Waals surface area contributed by atoms with Crippen LogP contribution in [0.1, 0.15) is 19.7 Å². The number of hydrogen-bond donors (Lipinski definition) is 1. The van der Waals surface area contributed by atoms with Crippen molar-refractivity contribution in [3.63, 3.8) is 0 Å². The lowest BCUT2D eigenvalue weighted by Gasteiger charge is -2.15. The molecule has 2 aromatic rings. The van der Waals surface area contributed by atoms with Gasteiger partial charge in [-0.05, 0) is 6.92 Å². The average molecular weight is 248 g/mol. The predicted octanol–water partition coefficient (Wildman–Crippen LogP) is 0.715. The van der Waals surface area contributed by atoms with Crippen LogP contribution in [-0.4, -0.2) is 36.9 Å². The van der Waals surface area contributed by atoms with E-state index >= 15 is 0 Å². The maximum Gasteiger partial charge on any atom is 0.137 e. The van der Waals surface area contributed by atoms with Gasteiger partial charge < -0.3 is 9.88 Å².